The predicted octanol–water partition coefficient (Wildman–Crippen LogP) is 3.18. The minimum Gasteiger partial charge on any atom is -0.497 e. The van der Waals surface area contributed by atoms with Crippen LogP contribution in [-0.2, 0) is 17.9 Å². The first-order valence-corrected chi connectivity index (χ1v) is 10.7. The maximum Gasteiger partial charge on any atom is 0.191 e. The molecule has 31 heavy (non-hydrogen) atoms. The first kappa shape index (κ1) is 22.7. The van der Waals surface area contributed by atoms with Crippen molar-refractivity contribution in [2.45, 2.75) is 32.0 Å². The van der Waals surface area contributed by atoms with Crippen molar-refractivity contribution in [3.63, 3.8) is 0 Å². The van der Waals surface area contributed by atoms with E-state index in [1.54, 1.807) is 21.3 Å². The molecule has 7 nitrogen and oxygen atoms in total. The predicted molar refractivity (Wildman–Crippen MR) is 125 cm³/mol. The van der Waals surface area contributed by atoms with Gasteiger partial charge in [0.25, 0.3) is 0 Å². The number of aliphatic imine (C=N–C) groups is 1. The molecule has 0 spiro atoms. The Morgan fingerprint density at radius 3 is 2.13 bits per heavy atom. The van der Waals surface area contributed by atoms with Crippen molar-refractivity contribution in [1.29, 1.82) is 0 Å². The SMILES string of the molecule is CN=C(NCc1ccc(COC)cc1)NC1CCN(c2cc(OC)cc(OC)c2)CC1. The molecule has 0 radical (unpaired) electrons. The summed E-state index contributed by atoms with van der Waals surface area (Å²) in [5.41, 5.74) is 3.52. The van der Waals surface area contributed by atoms with Gasteiger partial charge in [-0.2, -0.15) is 0 Å². The van der Waals surface area contributed by atoms with Crippen LogP contribution in [0, 0.1) is 0 Å². The molecule has 0 aliphatic carbocycles. The number of anilines is 1. The van der Waals surface area contributed by atoms with Gasteiger partial charge in [0.15, 0.2) is 5.96 Å². The monoisotopic (exact) mass is 426 g/mol. The van der Waals surface area contributed by atoms with E-state index in [0.717, 1.165) is 55.6 Å². The van der Waals surface area contributed by atoms with Crippen molar-refractivity contribution in [3.05, 3.63) is 53.6 Å². The van der Waals surface area contributed by atoms with Crippen molar-refractivity contribution in [2.75, 3.05) is 46.4 Å². The van der Waals surface area contributed by atoms with E-state index in [9.17, 15) is 0 Å². The van der Waals surface area contributed by atoms with E-state index in [2.05, 4.69) is 56.9 Å². The zero-order valence-electron chi connectivity index (χ0n) is 19.0. The molecule has 1 aliphatic heterocycles. The largest absolute Gasteiger partial charge is 0.497 e. The average Bonchev–Trinajstić information content (AvgIpc) is 2.82. The van der Waals surface area contributed by atoms with Gasteiger partial charge in [-0.25, -0.2) is 0 Å². The van der Waals surface area contributed by atoms with E-state index in [1.165, 1.54) is 11.1 Å². The highest BCUT2D eigenvalue weighted by Gasteiger charge is 2.21. The minimum absolute atomic E-state index is 0.388. The van der Waals surface area contributed by atoms with Crippen LogP contribution in [0.4, 0.5) is 5.69 Å². The molecule has 2 aromatic carbocycles. The Hall–Kier alpha value is -2.93. The number of nitrogens with zero attached hydrogens (tertiary/aromatic N) is 2. The Morgan fingerprint density at radius 2 is 1.58 bits per heavy atom. The number of hydrogen-bond donors (Lipinski definition) is 2. The zero-order valence-corrected chi connectivity index (χ0v) is 19.0. The fourth-order valence-corrected chi connectivity index (χ4v) is 3.75. The molecule has 1 fully saturated rings. The fraction of sp³-hybridized carbons (Fsp3) is 0.458. The molecule has 168 valence electrons. The van der Waals surface area contributed by atoms with Crippen molar-refractivity contribution in [1.82, 2.24) is 10.6 Å². The lowest BCUT2D eigenvalue weighted by Gasteiger charge is -2.34. The number of hydrogen-bond acceptors (Lipinski definition) is 5. The summed E-state index contributed by atoms with van der Waals surface area (Å²) in [6.07, 6.45) is 2.07. The summed E-state index contributed by atoms with van der Waals surface area (Å²) in [7, 11) is 6.89. The van der Waals surface area contributed by atoms with E-state index in [0.29, 0.717) is 12.6 Å². The van der Waals surface area contributed by atoms with Crippen molar-refractivity contribution < 1.29 is 14.2 Å². The molecule has 0 unspecified atom stereocenters. The van der Waals surface area contributed by atoms with Gasteiger partial charge in [-0.1, -0.05) is 24.3 Å². The summed E-state index contributed by atoms with van der Waals surface area (Å²) in [6, 6.07) is 14.9. The standard InChI is InChI=1S/C24H34N4O3/c1-25-24(26-16-18-5-7-19(8-6-18)17-29-2)27-20-9-11-28(12-10-20)21-13-22(30-3)15-23(14-21)31-4/h5-8,13-15,20H,9-12,16-17H2,1-4H3,(H2,25,26,27). The van der Waals surface area contributed by atoms with E-state index >= 15 is 0 Å². The number of methoxy groups -OCH3 is 3. The van der Waals surface area contributed by atoms with Gasteiger partial charge in [-0.15, -0.1) is 0 Å². The van der Waals surface area contributed by atoms with Crippen LogP contribution in [0.2, 0.25) is 0 Å². The number of benzene rings is 2. The van der Waals surface area contributed by atoms with Crippen molar-refractivity contribution in [3.8, 4) is 11.5 Å². The van der Waals surface area contributed by atoms with Crippen LogP contribution in [-0.4, -0.2) is 53.5 Å². The van der Waals surface area contributed by atoms with Gasteiger partial charge in [-0.3, -0.25) is 4.99 Å². The third kappa shape index (κ3) is 6.52. The van der Waals surface area contributed by atoms with Crippen LogP contribution in [0.1, 0.15) is 24.0 Å². The van der Waals surface area contributed by atoms with Gasteiger partial charge >= 0.3 is 0 Å². The second kappa shape index (κ2) is 11.5. The molecule has 0 saturated carbocycles. The van der Waals surface area contributed by atoms with Crippen LogP contribution in [0.25, 0.3) is 0 Å². The van der Waals surface area contributed by atoms with E-state index < -0.39 is 0 Å². The highest BCUT2D eigenvalue weighted by Crippen LogP contribution is 2.30. The first-order valence-electron chi connectivity index (χ1n) is 10.7. The van der Waals surface area contributed by atoms with Crippen molar-refractivity contribution in [2.24, 2.45) is 4.99 Å². The molecule has 3 rings (SSSR count). The lowest BCUT2D eigenvalue weighted by Crippen LogP contribution is -2.48. The number of rotatable bonds is 8. The van der Waals surface area contributed by atoms with Crippen molar-refractivity contribution >= 4 is 11.6 Å². The summed E-state index contributed by atoms with van der Waals surface area (Å²) < 4.78 is 16.0. The molecule has 7 heteroatoms. The van der Waals surface area contributed by atoms with Crippen LogP contribution in [0.15, 0.2) is 47.5 Å². The highest BCUT2D eigenvalue weighted by atomic mass is 16.5. The number of ether oxygens (including phenoxy) is 3. The molecular formula is C24H34N4O3. The second-order valence-electron chi connectivity index (χ2n) is 7.65. The summed E-state index contributed by atoms with van der Waals surface area (Å²) in [5.74, 6) is 2.46. The van der Waals surface area contributed by atoms with Gasteiger partial charge in [0, 0.05) is 63.7 Å². The smallest absolute Gasteiger partial charge is 0.191 e. The van der Waals surface area contributed by atoms with Crippen LogP contribution in [0.5, 0.6) is 11.5 Å². The van der Waals surface area contributed by atoms with Gasteiger partial charge in [0.1, 0.15) is 11.5 Å². The van der Waals surface area contributed by atoms with Crippen LogP contribution >= 0.6 is 0 Å². The summed E-state index contributed by atoms with van der Waals surface area (Å²) in [4.78, 5) is 6.77. The quantitative estimate of drug-likeness (QED) is 0.499. The molecule has 0 amide bonds. The Morgan fingerprint density at radius 1 is 0.968 bits per heavy atom. The van der Waals surface area contributed by atoms with Gasteiger partial charge in [0.05, 0.1) is 20.8 Å². The normalized spacial score (nSPS) is 15.0. The molecule has 0 atom stereocenters. The first-order chi connectivity index (χ1) is 15.1. The van der Waals surface area contributed by atoms with Gasteiger partial charge < -0.3 is 29.7 Å². The molecule has 0 bridgehead atoms. The molecule has 0 aromatic heterocycles. The maximum atomic E-state index is 5.41. The van der Waals surface area contributed by atoms with Crippen LogP contribution in [0.3, 0.4) is 0 Å². The number of guanidine groups is 1. The maximum absolute atomic E-state index is 5.41. The zero-order chi connectivity index (χ0) is 22.1. The topological polar surface area (TPSA) is 67.4 Å². The second-order valence-corrected chi connectivity index (χ2v) is 7.65. The number of piperidine rings is 1. The third-order valence-electron chi connectivity index (χ3n) is 5.55. The Bertz CT molecular complexity index is 824. The van der Waals surface area contributed by atoms with E-state index in [-0.39, 0.29) is 0 Å². The third-order valence-corrected chi connectivity index (χ3v) is 5.55. The van der Waals surface area contributed by atoms with Gasteiger partial charge in [-0.05, 0) is 24.0 Å². The Labute approximate surface area is 185 Å². The molecule has 1 heterocycles. The van der Waals surface area contributed by atoms with E-state index in [1.807, 2.05) is 13.1 Å². The van der Waals surface area contributed by atoms with E-state index in [4.69, 9.17) is 14.2 Å². The molecule has 1 saturated heterocycles. The highest BCUT2D eigenvalue weighted by molar-refractivity contribution is 5.80. The Kier molecular flexibility index (Phi) is 8.41. The molecule has 1 aliphatic rings. The average molecular weight is 427 g/mol. The Balaban J connectivity index is 1.49. The van der Waals surface area contributed by atoms with Gasteiger partial charge in [0.2, 0.25) is 0 Å². The fourth-order valence-electron chi connectivity index (χ4n) is 3.75. The lowest BCUT2D eigenvalue weighted by atomic mass is 10.0. The minimum atomic E-state index is 0.388. The molecule has 2 N–H and O–H groups in total. The van der Waals surface area contributed by atoms with Crippen LogP contribution < -0.4 is 25.0 Å². The molecular weight excluding hydrogens is 392 g/mol. The number of nitrogens with one attached hydrogen (secondary N) is 2. The summed E-state index contributed by atoms with van der Waals surface area (Å²) >= 11 is 0. The summed E-state index contributed by atoms with van der Waals surface area (Å²) in [5, 5.41) is 6.99. The summed E-state index contributed by atoms with van der Waals surface area (Å²) in [6.45, 7) is 3.30. The molecule has 2 aromatic rings. The lowest BCUT2D eigenvalue weighted by molar-refractivity contribution is 0.185.